The van der Waals surface area contributed by atoms with Crippen molar-refractivity contribution in [2.75, 3.05) is 11.9 Å². The molecule has 0 fully saturated rings. The van der Waals surface area contributed by atoms with Crippen LogP contribution < -0.4 is 5.32 Å². The second-order valence-electron chi connectivity index (χ2n) is 2.92. The Morgan fingerprint density at radius 1 is 1.54 bits per heavy atom. The van der Waals surface area contributed by atoms with Gasteiger partial charge in [-0.3, -0.25) is 10.1 Å². The largest absolute Gasteiger partial charge is 0.507 e. The van der Waals surface area contributed by atoms with Gasteiger partial charge in [-0.05, 0) is 6.42 Å². The molecule has 5 heteroatoms. The number of anilines is 1. The number of benzene rings is 1. The summed E-state index contributed by atoms with van der Waals surface area (Å²) >= 11 is 0. The van der Waals surface area contributed by atoms with E-state index in [-0.39, 0.29) is 11.4 Å². The van der Waals surface area contributed by atoms with Gasteiger partial charge in [0.25, 0.3) is 5.69 Å². The van der Waals surface area contributed by atoms with E-state index in [2.05, 4.69) is 5.32 Å². The molecule has 0 aliphatic carbocycles. The molecule has 1 aliphatic rings. The number of rotatable bonds is 1. The Kier molecular flexibility index (Phi) is 1.58. The number of nitrogens with one attached hydrogen (secondary N) is 1. The van der Waals surface area contributed by atoms with Crippen molar-refractivity contribution in [3.63, 3.8) is 0 Å². The summed E-state index contributed by atoms with van der Waals surface area (Å²) in [4.78, 5) is 9.91. The molecule has 1 heterocycles. The van der Waals surface area contributed by atoms with E-state index in [0.29, 0.717) is 5.69 Å². The molecule has 0 radical (unpaired) electrons. The van der Waals surface area contributed by atoms with Crippen molar-refractivity contribution in [3.8, 4) is 5.75 Å². The van der Waals surface area contributed by atoms with E-state index in [1.54, 1.807) is 0 Å². The minimum atomic E-state index is -0.514. The first-order valence-corrected chi connectivity index (χ1v) is 3.92. The summed E-state index contributed by atoms with van der Waals surface area (Å²) in [5.74, 6) is 0.00852. The van der Waals surface area contributed by atoms with Gasteiger partial charge in [-0.1, -0.05) is 0 Å². The molecular formula is C8H8N2O3. The molecule has 0 saturated carbocycles. The van der Waals surface area contributed by atoms with Crippen LogP contribution in [0.1, 0.15) is 5.56 Å². The molecule has 1 aliphatic heterocycles. The molecule has 13 heavy (non-hydrogen) atoms. The minimum Gasteiger partial charge on any atom is -0.507 e. The molecule has 2 N–H and O–H groups in total. The molecule has 1 aromatic carbocycles. The highest BCUT2D eigenvalue weighted by molar-refractivity contribution is 5.65. The Morgan fingerprint density at radius 3 is 3.00 bits per heavy atom. The summed E-state index contributed by atoms with van der Waals surface area (Å²) in [5.41, 5.74) is 1.36. The topological polar surface area (TPSA) is 75.4 Å². The molecule has 0 amide bonds. The van der Waals surface area contributed by atoms with Crippen molar-refractivity contribution in [2.45, 2.75) is 6.42 Å². The lowest BCUT2D eigenvalue weighted by atomic mass is 10.1. The van der Waals surface area contributed by atoms with E-state index in [4.69, 9.17) is 0 Å². The van der Waals surface area contributed by atoms with Gasteiger partial charge < -0.3 is 10.4 Å². The Balaban J connectivity index is 2.55. The van der Waals surface area contributed by atoms with Gasteiger partial charge in [0, 0.05) is 23.9 Å². The van der Waals surface area contributed by atoms with Crippen molar-refractivity contribution in [3.05, 3.63) is 27.8 Å². The first kappa shape index (κ1) is 7.85. The SMILES string of the molecule is O=[N+]([O-])c1cc(O)c2c(c1)NCC2. The van der Waals surface area contributed by atoms with E-state index >= 15 is 0 Å². The van der Waals surface area contributed by atoms with Crippen molar-refractivity contribution >= 4 is 11.4 Å². The zero-order chi connectivity index (χ0) is 9.42. The summed E-state index contributed by atoms with van der Waals surface area (Å²) in [7, 11) is 0. The molecule has 0 bridgehead atoms. The summed E-state index contributed by atoms with van der Waals surface area (Å²) in [6.07, 6.45) is 0.721. The van der Waals surface area contributed by atoms with Crippen LogP contribution >= 0.6 is 0 Å². The number of nitrogens with zero attached hydrogens (tertiary/aromatic N) is 1. The predicted octanol–water partition coefficient (Wildman–Crippen LogP) is 1.27. The van der Waals surface area contributed by atoms with Crippen LogP contribution in [0.2, 0.25) is 0 Å². The lowest BCUT2D eigenvalue weighted by Crippen LogP contribution is -1.92. The van der Waals surface area contributed by atoms with Crippen LogP contribution in [0.25, 0.3) is 0 Å². The van der Waals surface area contributed by atoms with Crippen LogP contribution in [0, 0.1) is 10.1 Å². The second-order valence-corrected chi connectivity index (χ2v) is 2.92. The third-order valence-electron chi connectivity index (χ3n) is 2.11. The van der Waals surface area contributed by atoms with Crippen molar-refractivity contribution < 1.29 is 10.0 Å². The molecule has 0 aromatic heterocycles. The average Bonchev–Trinajstić information content (AvgIpc) is 2.51. The standard InChI is InChI=1S/C8H8N2O3/c11-8-4-5(10(12)13)3-7-6(8)1-2-9-7/h3-4,9,11H,1-2H2. The zero-order valence-electron chi connectivity index (χ0n) is 6.78. The minimum absolute atomic E-state index is 0.00852. The number of hydrogen-bond acceptors (Lipinski definition) is 4. The van der Waals surface area contributed by atoms with Gasteiger partial charge in [-0.2, -0.15) is 0 Å². The highest BCUT2D eigenvalue weighted by Crippen LogP contribution is 2.34. The Morgan fingerprint density at radius 2 is 2.31 bits per heavy atom. The number of nitro groups is 1. The van der Waals surface area contributed by atoms with Gasteiger partial charge in [0.05, 0.1) is 11.0 Å². The number of nitro benzene ring substituents is 1. The van der Waals surface area contributed by atoms with Crippen LogP contribution in [0.15, 0.2) is 12.1 Å². The van der Waals surface area contributed by atoms with Gasteiger partial charge >= 0.3 is 0 Å². The van der Waals surface area contributed by atoms with Gasteiger partial charge in [0.1, 0.15) is 5.75 Å². The monoisotopic (exact) mass is 180 g/mol. The lowest BCUT2D eigenvalue weighted by molar-refractivity contribution is -0.384. The number of fused-ring (bicyclic) bond motifs is 1. The van der Waals surface area contributed by atoms with Crippen molar-refractivity contribution in [1.29, 1.82) is 0 Å². The number of phenols is 1. The average molecular weight is 180 g/mol. The summed E-state index contributed by atoms with van der Waals surface area (Å²) in [6, 6.07) is 2.63. The number of aromatic hydroxyl groups is 1. The second kappa shape index (κ2) is 2.62. The fourth-order valence-corrected chi connectivity index (χ4v) is 1.49. The van der Waals surface area contributed by atoms with E-state index < -0.39 is 4.92 Å². The molecule has 0 atom stereocenters. The summed E-state index contributed by atoms with van der Waals surface area (Å²) in [5, 5.41) is 22.8. The maximum absolute atomic E-state index is 10.4. The fourth-order valence-electron chi connectivity index (χ4n) is 1.49. The Hall–Kier alpha value is -1.78. The van der Waals surface area contributed by atoms with Gasteiger partial charge in [-0.25, -0.2) is 0 Å². The number of hydrogen-bond donors (Lipinski definition) is 2. The molecule has 0 saturated heterocycles. The third kappa shape index (κ3) is 1.18. The quantitative estimate of drug-likeness (QED) is 0.504. The molecule has 0 spiro atoms. The molecule has 5 nitrogen and oxygen atoms in total. The van der Waals surface area contributed by atoms with Crippen LogP contribution in [0.3, 0.4) is 0 Å². The van der Waals surface area contributed by atoms with Crippen LogP contribution in [-0.4, -0.2) is 16.6 Å². The highest BCUT2D eigenvalue weighted by Gasteiger charge is 2.19. The smallest absolute Gasteiger partial charge is 0.275 e. The van der Waals surface area contributed by atoms with Crippen molar-refractivity contribution in [2.24, 2.45) is 0 Å². The summed E-state index contributed by atoms with van der Waals surface area (Å²) in [6.45, 7) is 0.726. The van der Waals surface area contributed by atoms with Crippen LogP contribution in [-0.2, 0) is 6.42 Å². The first-order valence-electron chi connectivity index (χ1n) is 3.92. The maximum Gasteiger partial charge on any atom is 0.275 e. The van der Waals surface area contributed by atoms with Gasteiger partial charge in [0.15, 0.2) is 0 Å². The first-order chi connectivity index (χ1) is 6.18. The predicted molar refractivity (Wildman–Crippen MR) is 47.0 cm³/mol. The molecule has 1 aromatic rings. The Bertz CT molecular complexity index is 376. The van der Waals surface area contributed by atoms with E-state index in [9.17, 15) is 15.2 Å². The van der Waals surface area contributed by atoms with Crippen LogP contribution in [0.4, 0.5) is 11.4 Å². The molecule has 68 valence electrons. The van der Waals surface area contributed by atoms with E-state index in [1.807, 2.05) is 0 Å². The molecule has 0 unspecified atom stereocenters. The molecular weight excluding hydrogens is 172 g/mol. The summed E-state index contributed by atoms with van der Waals surface area (Å²) < 4.78 is 0. The lowest BCUT2D eigenvalue weighted by Gasteiger charge is -2.01. The van der Waals surface area contributed by atoms with Gasteiger partial charge in [-0.15, -0.1) is 0 Å². The maximum atomic E-state index is 10.4. The number of non-ortho nitro benzene ring substituents is 1. The van der Waals surface area contributed by atoms with E-state index in [1.165, 1.54) is 12.1 Å². The number of phenolic OH excluding ortho intramolecular Hbond substituents is 1. The van der Waals surface area contributed by atoms with Crippen molar-refractivity contribution in [1.82, 2.24) is 0 Å². The fraction of sp³-hybridized carbons (Fsp3) is 0.250. The molecule has 2 rings (SSSR count). The van der Waals surface area contributed by atoms with Crippen LogP contribution in [0.5, 0.6) is 5.75 Å². The van der Waals surface area contributed by atoms with Gasteiger partial charge in [0.2, 0.25) is 0 Å². The normalized spacial score (nSPS) is 13.5. The van der Waals surface area contributed by atoms with E-state index in [0.717, 1.165) is 18.5 Å². The zero-order valence-corrected chi connectivity index (χ0v) is 6.78. The highest BCUT2D eigenvalue weighted by atomic mass is 16.6. The third-order valence-corrected chi connectivity index (χ3v) is 2.11. The Labute approximate surface area is 74.2 Å².